The number of hydrogen-bond acceptors (Lipinski definition) is 4. The van der Waals surface area contributed by atoms with Crippen molar-refractivity contribution in [3.8, 4) is 0 Å². The van der Waals surface area contributed by atoms with E-state index in [1.54, 1.807) is 11.9 Å². The summed E-state index contributed by atoms with van der Waals surface area (Å²) in [6.45, 7) is 0. The highest BCUT2D eigenvalue weighted by Crippen LogP contribution is 2.26. The van der Waals surface area contributed by atoms with Crippen LogP contribution in [-0.2, 0) is 14.6 Å². The van der Waals surface area contributed by atoms with Crippen molar-refractivity contribution in [1.29, 1.82) is 0 Å². The summed E-state index contributed by atoms with van der Waals surface area (Å²) >= 11 is 1.83. The van der Waals surface area contributed by atoms with Crippen LogP contribution in [0.1, 0.15) is 19.3 Å². The van der Waals surface area contributed by atoms with Gasteiger partial charge in [-0.25, -0.2) is 8.42 Å². The van der Waals surface area contributed by atoms with Crippen LogP contribution in [0.4, 0.5) is 0 Å². The van der Waals surface area contributed by atoms with Crippen LogP contribution >= 0.6 is 11.8 Å². The molecule has 0 aromatic heterocycles. The summed E-state index contributed by atoms with van der Waals surface area (Å²) in [6, 6.07) is -0.0978. The Morgan fingerprint density at radius 1 is 1.35 bits per heavy atom. The quantitative estimate of drug-likeness (QED) is 0.748. The Labute approximate surface area is 107 Å². The van der Waals surface area contributed by atoms with Gasteiger partial charge in [-0.3, -0.25) is 4.79 Å². The zero-order valence-electron chi connectivity index (χ0n) is 10.1. The fourth-order valence-corrected chi connectivity index (χ4v) is 5.39. The van der Waals surface area contributed by atoms with Gasteiger partial charge in [-0.05, 0) is 25.0 Å². The minimum Gasteiger partial charge on any atom is -0.341 e. The van der Waals surface area contributed by atoms with Crippen LogP contribution < -0.4 is 0 Å². The van der Waals surface area contributed by atoms with Crippen LogP contribution in [0, 0.1) is 5.92 Å². The van der Waals surface area contributed by atoms with Crippen LogP contribution in [0.3, 0.4) is 0 Å². The number of carbonyl (C=O) groups excluding carboxylic acids is 1. The van der Waals surface area contributed by atoms with Gasteiger partial charge in [0.2, 0.25) is 5.91 Å². The SMILES string of the molecule is CN(C(=O)C1CCCSC1)C1CCS(=O)(=O)C1. The Morgan fingerprint density at radius 2 is 2.12 bits per heavy atom. The largest absolute Gasteiger partial charge is 0.341 e. The Bertz CT molecular complexity index is 388. The second-order valence-corrected chi connectivity index (χ2v) is 8.30. The predicted octanol–water partition coefficient (Wildman–Crippen LogP) is 0.775. The number of amides is 1. The molecule has 2 aliphatic heterocycles. The van der Waals surface area contributed by atoms with Gasteiger partial charge in [0.1, 0.15) is 0 Å². The minimum absolute atomic E-state index is 0.0978. The molecule has 2 atom stereocenters. The molecule has 0 aromatic carbocycles. The van der Waals surface area contributed by atoms with Crippen molar-refractivity contribution >= 4 is 27.5 Å². The summed E-state index contributed by atoms with van der Waals surface area (Å²) in [4.78, 5) is 13.9. The second-order valence-electron chi connectivity index (χ2n) is 4.92. The Hall–Kier alpha value is -0.230. The molecule has 2 rings (SSSR count). The van der Waals surface area contributed by atoms with Gasteiger partial charge in [0.25, 0.3) is 0 Å². The first kappa shape index (κ1) is 13.2. The third kappa shape index (κ3) is 3.16. The number of rotatable bonds is 2. The monoisotopic (exact) mass is 277 g/mol. The lowest BCUT2D eigenvalue weighted by atomic mass is 10.0. The van der Waals surface area contributed by atoms with E-state index in [0.717, 1.165) is 24.3 Å². The van der Waals surface area contributed by atoms with Crippen molar-refractivity contribution in [1.82, 2.24) is 4.90 Å². The second kappa shape index (κ2) is 5.18. The molecule has 0 spiro atoms. The first-order valence-corrected chi connectivity index (χ1v) is 9.02. The first-order valence-electron chi connectivity index (χ1n) is 6.04. The topological polar surface area (TPSA) is 54.5 Å². The molecule has 0 aliphatic carbocycles. The van der Waals surface area contributed by atoms with Crippen molar-refractivity contribution in [3.05, 3.63) is 0 Å². The molecule has 0 radical (unpaired) electrons. The van der Waals surface area contributed by atoms with Crippen molar-refractivity contribution < 1.29 is 13.2 Å². The summed E-state index contributed by atoms with van der Waals surface area (Å²) in [5.74, 6) is 2.65. The smallest absolute Gasteiger partial charge is 0.226 e. The summed E-state index contributed by atoms with van der Waals surface area (Å²) in [5.41, 5.74) is 0. The molecule has 1 amide bonds. The van der Waals surface area contributed by atoms with Gasteiger partial charge in [-0.15, -0.1) is 0 Å². The molecule has 17 heavy (non-hydrogen) atoms. The van der Waals surface area contributed by atoms with Crippen LogP contribution in [0.5, 0.6) is 0 Å². The van der Waals surface area contributed by atoms with Gasteiger partial charge in [0.05, 0.1) is 11.5 Å². The highest BCUT2D eigenvalue weighted by Gasteiger charge is 2.35. The highest BCUT2D eigenvalue weighted by atomic mass is 32.2. The molecule has 2 saturated heterocycles. The van der Waals surface area contributed by atoms with E-state index in [1.807, 2.05) is 11.8 Å². The van der Waals surface area contributed by atoms with E-state index >= 15 is 0 Å². The molecular weight excluding hydrogens is 258 g/mol. The molecule has 4 nitrogen and oxygen atoms in total. The van der Waals surface area contributed by atoms with Crippen molar-refractivity contribution in [2.75, 3.05) is 30.1 Å². The number of thioether (sulfide) groups is 1. The molecular formula is C11H19NO3S2. The lowest BCUT2D eigenvalue weighted by Crippen LogP contribution is -2.42. The summed E-state index contributed by atoms with van der Waals surface area (Å²) in [7, 11) is -1.15. The molecule has 2 unspecified atom stereocenters. The number of nitrogens with zero attached hydrogens (tertiary/aromatic N) is 1. The number of hydrogen-bond donors (Lipinski definition) is 0. The maximum Gasteiger partial charge on any atom is 0.226 e. The zero-order valence-corrected chi connectivity index (χ0v) is 11.7. The van der Waals surface area contributed by atoms with E-state index < -0.39 is 9.84 Å². The van der Waals surface area contributed by atoms with Crippen molar-refractivity contribution in [2.24, 2.45) is 5.92 Å². The summed E-state index contributed by atoms with van der Waals surface area (Å²) < 4.78 is 22.8. The first-order chi connectivity index (χ1) is 7.99. The van der Waals surface area contributed by atoms with Crippen LogP contribution in [0.2, 0.25) is 0 Å². The molecule has 2 heterocycles. The zero-order chi connectivity index (χ0) is 12.5. The number of sulfone groups is 1. The fourth-order valence-electron chi connectivity index (χ4n) is 2.48. The Morgan fingerprint density at radius 3 is 2.65 bits per heavy atom. The standard InChI is InChI=1S/C11H19NO3S2/c1-12(10-4-6-17(14,15)8-10)11(13)9-3-2-5-16-7-9/h9-10H,2-8H2,1H3. The van der Waals surface area contributed by atoms with Crippen LogP contribution in [-0.4, -0.2) is 55.3 Å². The summed E-state index contributed by atoms with van der Waals surface area (Å²) in [5, 5.41) is 0. The van der Waals surface area contributed by atoms with Crippen LogP contribution in [0.25, 0.3) is 0 Å². The average Bonchev–Trinajstić information content (AvgIpc) is 2.69. The molecule has 0 bridgehead atoms. The molecule has 0 N–H and O–H groups in total. The third-order valence-electron chi connectivity index (χ3n) is 3.61. The van der Waals surface area contributed by atoms with E-state index in [1.165, 1.54) is 0 Å². The molecule has 2 fully saturated rings. The van der Waals surface area contributed by atoms with Crippen LogP contribution in [0.15, 0.2) is 0 Å². The average molecular weight is 277 g/mol. The van der Waals surface area contributed by atoms with E-state index in [9.17, 15) is 13.2 Å². The molecule has 6 heteroatoms. The molecule has 2 aliphatic rings. The van der Waals surface area contributed by atoms with Gasteiger partial charge >= 0.3 is 0 Å². The van der Waals surface area contributed by atoms with E-state index in [0.29, 0.717) is 6.42 Å². The summed E-state index contributed by atoms with van der Waals surface area (Å²) in [6.07, 6.45) is 2.65. The van der Waals surface area contributed by atoms with E-state index in [-0.39, 0.29) is 29.4 Å². The number of carbonyl (C=O) groups is 1. The highest BCUT2D eigenvalue weighted by molar-refractivity contribution is 7.99. The molecule has 98 valence electrons. The normalized spacial score (nSPS) is 32.3. The van der Waals surface area contributed by atoms with Crippen molar-refractivity contribution in [2.45, 2.75) is 25.3 Å². The maximum absolute atomic E-state index is 12.2. The van der Waals surface area contributed by atoms with Gasteiger partial charge < -0.3 is 4.90 Å². The lowest BCUT2D eigenvalue weighted by Gasteiger charge is -2.29. The van der Waals surface area contributed by atoms with E-state index in [4.69, 9.17) is 0 Å². The molecule has 0 aromatic rings. The van der Waals surface area contributed by atoms with Gasteiger partial charge in [-0.2, -0.15) is 11.8 Å². The van der Waals surface area contributed by atoms with E-state index in [2.05, 4.69) is 0 Å². The lowest BCUT2D eigenvalue weighted by molar-refractivity contribution is -0.135. The van der Waals surface area contributed by atoms with Gasteiger partial charge in [-0.1, -0.05) is 0 Å². The Kier molecular flexibility index (Phi) is 4.02. The van der Waals surface area contributed by atoms with Gasteiger partial charge in [0.15, 0.2) is 9.84 Å². The predicted molar refractivity (Wildman–Crippen MR) is 69.9 cm³/mol. The third-order valence-corrected chi connectivity index (χ3v) is 6.58. The maximum atomic E-state index is 12.2. The van der Waals surface area contributed by atoms with Gasteiger partial charge in [0, 0.05) is 24.8 Å². The molecule has 0 saturated carbocycles. The Balaban J connectivity index is 1.95. The fraction of sp³-hybridized carbons (Fsp3) is 0.909. The van der Waals surface area contributed by atoms with Crippen molar-refractivity contribution in [3.63, 3.8) is 0 Å². The minimum atomic E-state index is -2.90.